The van der Waals surface area contributed by atoms with Crippen LogP contribution in [0.15, 0.2) is 133 Å². The van der Waals surface area contributed by atoms with Gasteiger partial charge in [-0.2, -0.15) is 0 Å². The highest BCUT2D eigenvalue weighted by atomic mass is 14.7. The minimum atomic E-state index is 0.972. The number of pyridine rings is 1. The number of hydrogen-bond donors (Lipinski definition) is 0. The predicted molar refractivity (Wildman–Crippen MR) is 166 cm³/mol. The molecule has 0 aliphatic heterocycles. The first-order valence-electron chi connectivity index (χ1n) is 13.5. The second kappa shape index (κ2) is 10.6. The SMILES string of the molecule is Cc1cccc(-c2cccc(-c3cc(-c4ccccc4)nc(-c4cccc(-c5cc(C)ccc5C)c4)c3)c2)c1. The standard InChI is InChI=1S/C38H31N/c1-26-10-7-13-30(20-26)31-14-8-15-32(22-31)35-24-37(29-11-5-4-6-12-29)39-38(25-35)34-17-9-16-33(23-34)36-21-27(2)18-19-28(36)3/h4-25H,1-3H3. The fraction of sp³-hybridized carbons (Fsp3) is 0.0789. The van der Waals surface area contributed by atoms with Gasteiger partial charge in [-0.3, -0.25) is 0 Å². The zero-order chi connectivity index (χ0) is 26.8. The summed E-state index contributed by atoms with van der Waals surface area (Å²) in [7, 11) is 0. The largest absolute Gasteiger partial charge is 0.248 e. The van der Waals surface area contributed by atoms with Gasteiger partial charge >= 0.3 is 0 Å². The Kier molecular flexibility index (Phi) is 6.65. The summed E-state index contributed by atoms with van der Waals surface area (Å²) in [5.41, 5.74) is 15.2. The number of benzene rings is 5. The molecular formula is C38H31N. The molecule has 0 saturated heterocycles. The first-order valence-corrected chi connectivity index (χ1v) is 13.5. The van der Waals surface area contributed by atoms with Gasteiger partial charge in [0.15, 0.2) is 0 Å². The van der Waals surface area contributed by atoms with E-state index in [2.05, 4.69) is 148 Å². The van der Waals surface area contributed by atoms with Crippen molar-refractivity contribution in [3.8, 4) is 55.9 Å². The van der Waals surface area contributed by atoms with Gasteiger partial charge in [0.2, 0.25) is 0 Å². The summed E-state index contributed by atoms with van der Waals surface area (Å²) >= 11 is 0. The average molecular weight is 502 g/mol. The number of nitrogens with zero attached hydrogens (tertiary/aromatic N) is 1. The van der Waals surface area contributed by atoms with Gasteiger partial charge < -0.3 is 0 Å². The minimum Gasteiger partial charge on any atom is -0.248 e. The summed E-state index contributed by atoms with van der Waals surface area (Å²) in [6.45, 7) is 6.46. The second-order valence-corrected chi connectivity index (χ2v) is 10.3. The maximum atomic E-state index is 5.17. The molecular weight excluding hydrogens is 470 g/mol. The molecule has 1 heterocycles. The summed E-state index contributed by atoms with van der Waals surface area (Å²) in [6.07, 6.45) is 0. The summed E-state index contributed by atoms with van der Waals surface area (Å²) < 4.78 is 0. The number of aryl methyl sites for hydroxylation is 3. The van der Waals surface area contributed by atoms with E-state index in [9.17, 15) is 0 Å². The zero-order valence-electron chi connectivity index (χ0n) is 22.6. The Labute approximate surface area is 231 Å². The van der Waals surface area contributed by atoms with Crippen LogP contribution in [0, 0.1) is 20.8 Å². The Morgan fingerprint density at radius 2 is 0.897 bits per heavy atom. The van der Waals surface area contributed by atoms with E-state index in [1.807, 2.05) is 6.07 Å². The van der Waals surface area contributed by atoms with Crippen molar-refractivity contribution >= 4 is 0 Å². The van der Waals surface area contributed by atoms with Crippen LogP contribution >= 0.6 is 0 Å². The van der Waals surface area contributed by atoms with Crippen molar-refractivity contribution in [3.05, 3.63) is 150 Å². The first-order chi connectivity index (χ1) is 19.0. The number of rotatable bonds is 5. The van der Waals surface area contributed by atoms with E-state index in [-0.39, 0.29) is 0 Å². The summed E-state index contributed by atoms with van der Waals surface area (Å²) in [4.78, 5) is 5.17. The van der Waals surface area contributed by atoms with Gasteiger partial charge in [-0.05, 0) is 84.0 Å². The Balaban J connectivity index is 1.50. The second-order valence-electron chi connectivity index (χ2n) is 10.3. The van der Waals surface area contributed by atoms with E-state index in [1.165, 1.54) is 44.5 Å². The molecule has 5 aromatic carbocycles. The molecule has 0 radical (unpaired) electrons. The highest BCUT2D eigenvalue weighted by Gasteiger charge is 2.12. The van der Waals surface area contributed by atoms with E-state index in [1.54, 1.807) is 0 Å². The van der Waals surface area contributed by atoms with Crippen LogP contribution in [0.1, 0.15) is 16.7 Å². The lowest BCUT2D eigenvalue weighted by Gasteiger charge is -2.13. The smallest absolute Gasteiger partial charge is 0.0715 e. The Hall–Kier alpha value is -4.75. The van der Waals surface area contributed by atoms with Crippen molar-refractivity contribution in [2.75, 3.05) is 0 Å². The third-order valence-electron chi connectivity index (χ3n) is 7.30. The van der Waals surface area contributed by atoms with Crippen LogP contribution in [-0.4, -0.2) is 4.98 Å². The Bertz CT molecular complexity index is 1780. The molecule has 1 heteroatoms. The highest BCUT2D eigenvalue weighted by Crippen LogP contribution is 2.34. The molecule has 0 atom stereocenters. The third kappa shape index (κ3) is 5.30. The fourth-order valence-corrected chi connectivity index (χ4v) is 5.20. The average Bonchev–Trinajstić information content (AvgIpc) is 2.99. The number of hydrogen-bond acceptors (Lipinski definition) is 1. The topological polar surface area (TPSA) is 12.9 Å². The van der Waals surface area contributed by atoms with Gasteiger partial charge in [-0.1, -0.05) is 120 Å². The molecule has 0 amide bonds. The molecule has 39 heavy (non-hydrogen) atoms. The van der Waals surface area contributed by atoms with Gasteiger partial charge in [-0.15, -0.1) is 0 Å². The predicted octanol–water partition coefficient (Wildman–Crippen LogP) is 10.3. The van der Waals surface area contributed by atoms with E-state index >= 15 is 0 Å². The lowest BCUT2D eigenvalue weighted by atomic mass is 9.94. The van der Waals surface area contributed by atoms with Crippen LogP contribution in [0.4, 0.5) is 0 Å². The summed E-state index contributed by atoms with van der Waals surface area (Å²) in [5, 5.41) is 0. The molecule has 0 fully saturated rings. The normalized spacial score (nSPS) is 10.9. The van der Waals surface area contributed by atoms with Crippen molar-refractivity contribution in [1.82, 2.24) is 4.98 Å². The first kappa shape index (κ1) is 24.6. The summed E-state index contributed by atoms with van der Waals surface area (Å²) in [6, 6.07) is 47.8. The lowest BCUT2D eigenvalue weighted by molar-refractivity contribution is 1.32. The number of aromatic nitrogens is 1. The maximum absolute atomic E-state index is 5.17. The van der Waals surface area contributed by atoms with Crippen molar-refractivity contribution in [1.29, 1.82) is 0 Å². The van der Waals surface area contributed by atoms with Crippen molar-refractivity contribution in [3.63, 3.8) is 0 Å². The monoisotopic (exact) mass is 501 g/mol. The van der Waals surface area contributed by atoms with Crippen LogP contribution in [0.3, 0.4) is 0 Å². The fourth-order valence-electron chi connectivity index (χ4n) is 5.20. The van der Waals surface area contributed by atoms with E-state index in [0.29, 0.717) is 0 Å². The van der Waals surface area contributed by atoms with Gasteiger partial charge in [0.05, 0.1) is 11.4 Å². The third-order valence-corrected chi connectivity index (χ3v) is 7.30. The molecule has 0 N–H and O–H groups in total. The molecule has 0 spiro atoms. The van der Waals surface area contributed by atoms with Crippen molar-refractivity contribution in [2.45, 2.75) is 20.8 Å². The molecule has 188 valence electrons. The minimum absolute atomic E-state index is 0.972. The van der Waals surface area contributed by atoms with Gasteiger partial charge in [0, 0.05) is 11.1 Å². The molecule has 1 nitrogen and oxygen atoms in total. The van der Waals surface area contributed by atoms with E-state index in [0.717, 1.165) is 28.1 Å². The van der Waals surface area contributed by atoms with Crippen LogP contribution in [0.25, 0.3) is 55.9 Å². The molecule has 6 rings (SSSR count). The molecule has 0 unspecified atom stereocenters. The van der Waals surface area contributed by atoms with Crippen LogP contribution in [0.2, 0.25) is 0 Å². The molecule has 0 aliphatic rings. The van der Waals surface area contributed by atoms with Crippen LogP contribution < -0.4 is 0 Å². The van der Waals surface area contributed by atoms with E-state index in [4.69, 9.17) is 4.98 Å². The zero-order valence-corrected chi connectivity index (χ0v) is 22.6. The molecule has 6 aromatic rings. The van der Waals surface area contributed by atoms with Gasteiger partial charge in [0.1, 0.15) is 0 Å². The molecule has 0 bridgehead atoms. The van der Waals surface area contributed by atoms with Crippen LogP contribution in [-0.2, 0) is 0 Å². The Morgan fingerprint density at radius 1 is 0.359 bits per heavy atom. The quantitative estimate of drug-likeness (QED) is 0.229. The highest BCUT2D eigenvalue weighted by molar-refractivity contribution is 5.81. The van der Waals surface area contributed by atoms with Crippen molar-refractivity contribution in [2.24, 2.45) is 0 Å². The van der Waals surface area contributed by atoms with E-state index < -0.39 is 0 Å². The lowest BCUT2D eigenvalue weighted by Crippen LogP contribution is -1.92. The molecule has 0 saturated carbocycles. The van der Waals surface area contributed by atoms with Gasteiger partial charge in [0.25, 0.3) is 0 Å². The van der Waals surface area contributed by atoms with Crippen molar-refractivity contribution < 1.29 is 0 Å². The molecule has 0 aliphatic carbocycles. The maximum Gasteiger partial charge on any atom is 0.0715 e. The summed E-state index contributed by atoms with van der Waals surface area (Å²) in [5.74, 6) is 0. The van der Waals surface area contributed by atoms with Crippen LogP contribution in [0.5, 0.6) is 0 Å². The van der Waals surface area contributed by atoms with Gasteiger partial charge in [-0.25, -0.2) is 4.98 Å². The Morgan fingerprint density at radius 3 is 1.64 bits per heavy atom. The molecule has 1 aromatic heterocycles.